The topological polar surface area (TPSA) is 47.3 Å². The molecule has 1 fully saturated rings. The standard InChI is InChI=1S/C14H14Cl2N2O2/c15-10-2-1-3-11(12(10)16)20-13(9-4-5-17-8-9)14-18-6-7-19-14/h1-3,6-7,9,13,17H,4-5,8H2. The molecule has 20 heavy (non-hydrogen) atoms. The highest BCUT2D eigenvalue weighted by molar-refractivity contribution is 6.42. The fraction of sp³-hybridized carbons (Fsp3) is 0.357. The van der Waals surface area contributed by atoms with Gasteiger partial charge in [-0.25, -0.2) is 4.98 Å². The number of hydrogen-bond acceptors (Lipinski definition) is 4. The fourth-order valence-electron chi connectivity index (χ4n) is 2.37. The van der Waals surface area contributed by atoms with E-state index in [2.05, 4.69) is 10.3 Å². The molecule has 4 nitrogen and oxygen atoms in total. The van der Waals surface area contributed by atoms with Gasteiger partial charge in [0.2, 0.25) is 5.89 Å². The predicted octanol–water partition coefficient (Wildman–Crippen LogP) is 3.71. The summed E-state index contributed by atoms with van der Waals surface area (Å²) in [7, 11) is 0. The molecular formula is C14H14Cl2N2O2. The lowest BCUT2D eigenvalue weighted by Gasteiger charge is -2.22. The lowest BCUT2D eigenvalue weighted by atomic mass is 10.0. The van der Waals surface area contributed by atoms with Crippen LogP contribution in [0.2, 0.25) is 10.0 Å². The monoisotopic (exact) mass is 312 g/mol. The number of rotatable bonds is 4. The first-order valence-corrected chi connectivity index (χ1v) is 7.22. The van der Waals surface area contributed by atoms with Gasteiger partial charge in [-0.2, -0.15) is 0 Å². The number of hydrogen-bond donors (Lipinski definition) is 1. The molecular weight excluding hydrogens is 299 g/mol. The Morgan fingerprint density at radius 1 is 1.40 bits per heavy atom. The van der Waals surface area contributed by atoms with Gasteiger partial charge in [0.25, 0.3) is 0 Å². The Morgan fingerprint density at radius 2 is 2.30 bits per heavy atom. The van der Waals surface area contributed by atoms with Crippen molar-refractivity contribution in [1.29, 1.82) is 0 Å². The van der Waals surface area contributed by atoms with Crippen molar-refractivity contribution in [2.45, 2.75) is 12.5 Å². The van der Waals surface area contributed by atoms with E-state index in [1.165, 1.54) is 0 Å². The summed E-state index contributed by atoms with van der Waals surface area (Å²) >= 11 is 12.2. The Morgan fingerprint density at radius 3 is 3.00 bits per heavy atom. The Balaban J connectivity index is 1.88. The average Bonchev–Trinajstić information content (AvgIpc) is 3.13. The quantitative estimate of drug-likeness (QED) is 0.935. The summed E-state index contributed by atoms with van der Waals surface area (Å²) in [5, 5.41) is 4.20. The molecule has 2 aromatic rings. The largest absolute Gasteiger partial charge is 0.479 e. The minimum absolute atomic E-state index is 0.268. The van der Waals surface area contributed by atoms with Crippen LogP contribution in [0.25, 0.3) is 0 Å². The van der Waals surface area contributed by atoms with Crippen molar-refractivity contribution < 1.29 is 9.15 Å². The van der Waals surface area contributed by atoms with E-state index in [0.29, 0.717) is 27.6 Å². The molecule has 106 valence electrons. The second-order valence-electron chi connectivity index (χ2n) is 4.71. The van der Waals surface area contributed by atoms with Gasteiger partial charge >= 0.3 is 0 Å². The molecule has 6 heteroatoms. The molecule has 1 N–H and O–H groups in total. The van der Waals surface area contributed by atoms with Crippen LogP contribution in [-0.4, -0.2) is 18.1 Å². The van der Waals surface area contributed by atoms with Gasteiger partial charge in [-0.05, 0) is 25.1 Å². The van der Waals surface area contributed by atoms with Gasteiger partial charge in [0.05, 0.1) is 11.2 Å². The number of halogens is 2. The molecule has 1 aliphatic rings. The smallest absolute Gasteiger partial charge is 0.235 e. The third kappa shape index (κ3) is 2.77. The molecule has 0 saturated carbocycles. The molecule has 2 heterocycles. The molecule has 2 unspecified atom stereocenters. The van der Waals surface area contributed by atoms with Gasteiger partial charge < -0.3 is 14.5 Å². The van der Waals surface area contributed by atoms with E-state index in [0.717, 1.165) is 19.5 Å². The Bertz CT molecular complexity index is 569. The van der Waals surface area contributed by atoms with Gasteiger partial charge in [0, 0.05) is 12.5 Å². The van der Waals surface area contributed by atoms with Crippen LogP contribution in [0.1, 0.15) is 18.4 Å². The van der Waals surface area contributed by atoms with E-state index >= 15 is 0 Å². The number of nitrogens with zero attached hydrogens (tertiary/aromatic N) is 1. The molecule has 1 aliphatic heterocycles. The maximum absolute atomic E-state index is 6.18. The highest BCUT2D eigenvalue weighted by atomic mass is 35.5. The zero-order valence-corrected chi connectivity index (χ0v) is 12.2. The van der Waals surface area contributed by atoms with Crippen LogP contribution in [0.5, 0.6) is 5.75 Å². The van der Waals surface area contributed by atoms with Crippen molar-refractivity contribution in [3.8, 4) is 5.75 Å². The first-order valence-electron chi connectivity index (χ1n) is 6.46. The van der Waals surface area contributed by atoms with Gasteiger partial charge in [0.1, 0.15) is 17.0 Å². The van der Waals surface area contributed by atoms with E-state index in [1.807, 2.05) is 6.07 Å². The van der Waals surface area contributed by atoms with Crippen LogP contribution in [0.15, 0.2) is 35.1 Å². The molecule has 0 radical (unpaired) electrons. The summed E-state index contributed by atoms with van der Waals surface area (Å²) in [6.07, 6.45) is 3.91. The maximum Gasteiger partial charge on any atom is 0.235 e. The van der Waals surface area contributed by atoms with E-state index in [4.69, 9.17) is 32.4 Å². The molecule has 1 aromatic carbocycles. The van der Waals surface area contributed by atoms with Crippen LogP contribution in [0.3, 0.4) is 0 Å². The van der Waals surface area contributed by atoms with Crippen LogP contribution in [0.4, 0.5) is 0 Å². The number of ether oxygens (including phenoxy) is 1. The summed E-state index contributed by atoms with van der Waals surface area (Å²) in [4.78, 5) is 4.21. The highest BCUT2D eigenvalue weighted by Crippen LogP contribution is 2.37. The highest BCUT2D eigenvalue weighted by Gasteiger charge is 2.31. The number of nitrogens with one attached hydrogen (secondary N) is 1. The molecule has 3 rings (SSSR count). The van der Waals surface area contributed by atoms with Crippen LogP contribution in [0, 0.1) is 5.92 Å². The molecule has 1 aromatic heterocycles. The van der Waals surface area contributed by atoms with Crippen LogP contribution < -0.4 is 10.1 Å². The molecule has 1 saturated heterocycles. The lowest BCUT2D eigenvalue weighted by Crippen LogP contribution is -2.21. The summed E-state index contributed by atoms with van der Waals surface area (Å²) in [5.74, 6) is 1.41. The van der Waals surface area contributed by atoms with Gasteiger partial charge in [-0.3, -0.25) is 0 Å². The summed E-state index contributed by atoms with van der Waals surface area (Å²) in [5.41, 5.74) is 0. The van der Waals surface area contributed by atoms with E-state index in [1.54, 1.807) is 24.6 Å². The minimum atomic E-state index is -0.268. The second kappa shape index (κ2) is 6.04. The van der Waals surface area contributed by atoms with Crippen molar-refractivity contribution in [1.82, 2.24) is 10.3 Å². The van der Waals surface area contributed by atoms with Gasteiger partial charge in [-0.1, -0.05) is 29.3 Å². The predicted molar refractivity (Wildman–Crippen MR) is 77.3 cm³/mol. The van der Waals surface area contributed by atoms with Crippen molar-refractivity contribution in [2.75, 3.05) is 13.1 Å². The molecule has 0 aliphatic carbocycles. The van der Waals surface area contributed by atoms with Crippen molar-refractivity contribution in [3.63, 3.8) is 0 Å². The van der Waals surface area contributed by atoms with E-state index < -0.39 is 0 Å². The van der Waals surface area contributed by atoms with E-state index in [-0.39, 0.29) is 6.10 Å². The maximum atomic E-state index is 6.18. The summed E-state index contributed by atoms with van der Waals surface area (Å²) < 4.78 is 11.5. The van der Waals surface area contributed by atoms with Crippen molar-refractivity contribution >= 4 is 23.2 Å². The first kappa shape index (κ1) is 13.7. The first-order chi connectivity index (χ1) is 9.75. The molecule has 2 atom stereocenters. The fourth-order valence-corrected chi connectivity index (χ4v) is 2.71. The zero-order valence-electron chi connectivity index (χ0n) is 10.7. The normalized spacial score (nSPS) is 20.0. The molecule has 0 amide bonds. The lowest BCUT2D eigenvalue weighted by molar-refractivity contribution is 0.114. The molecule has 0 bridgehead atoms. The van der Waals surface area contributed by atoms with E-state index in [9.17, 15) is 0 Å². The third-order valence-electron chi connectivity index (χ3n) is 3.39. The summed E-state index contributed by atoms with van der Waals surface area (Å²) in [6.45, 7) is 1.83. The molecule has 0 spiro atoms. The number of oxazole rings is 1. The third-order valence-corrected chi connectivity index (χ3v) is 4.19. The Hall–Kier alpha value is -1.23. The summed E-state index contributed by atoms with van der Waals surface area (Å²) in [6, 6.07) is 5.34. The Labute approximate surface area is 127 Å². The SMILES string of the molecule is Clc1cccc(OC(c2ncco2)C2CCNC2)c1Cl. The van der Waals surface area contributed by atoms with Crippen LogP contribution in [-0.2, 0) is 0 Å². The van der Waals surface area contributed by atoms with Crippen molar-refractivity contribution in [3.05, 3.63) is 46.6 Å². The number of aromatic nitrogens is 1. The van der Waals surface area contributed by atoms with Crippen LogP contribution >= 0.6 is 23.2 Å². The minimum Gasteiger partial charge on any atom is -0.479 e. The average molecular weight is 313 g/mol. The van der Waals surface area contributed by atoms with Gasteiger partial charge in [0.15, 0.2) is 6.10 Å². The number of benzene rings is 1. The van der Waals surface area contributed by atoms with Crippen molar-refractivity contribution in [2.24, 2.45) is 5.92 Å². The Kier molecular flexibility index (Phi) is 4.15. The zero-order chi connectivity index (χ0) is 13.9. The second-order valence-corrected chi connectivity index (χ2v) is 5.50. The van der Waals surface area contributed by atoms with Gasteiger partial charge in [-0.15, -0.1) is 0 Å².